The molecule has 5 heteroatoms. The average Bonchev–Trinajstić information content (AvgIpc) is 2.41. The highest BCUT2D eigenvalue weighted by Gasteiger charge is 2.29. The van der Waals surface area contributed by atoms with E-state index in [2.05, 4.69) is 10.2 Å². The summed E-state index contributed by atoms with van der Waals surface area (Å²) in [6.45, 7) is 3.71. The molecule has 3 N–H and O–H groups in total. The molecule has 1 heterocycles. The maximum absolute atomic E-state index is 11.9. The van der Waals surface area contributed by atoms with Crippen molar-refractivity contribution >= 4 is 17.3 Å². The number of nitrogen functional groups attached to an aromatic ring is 1. The fraction of sp³-hybridized carbons (Fsp3) is 0.462. The van der Waals surface area contributed by atoms with E-state index in [0.717, 1.165) is 16.9 Å². The van der Waals surface area contributed by atoms with Gasteiger partial charge in [0.2, 0.25) is 5.91 Å². The Morgan fingerprint density at radius 1 is 1.56 bits per heavy atom. The standard InChI is InChI=1S/C13H19N3O2/c1-9-10(14)4-3-5-11(9)16-6-7-18-8-12(16)13(17)15-2/h3-5,12H,6-8,14H2,1-2H3,(H,15,17). The molecule has 1 fully saturated rings. The minimum absolute atomic E-state index is 0.0310. The summed E-state index contributed by atoms with van der Waals surface area (Å²) in [7, 11) is 1.64. The number of morpholine rings is 1. The predicted octanol–water partition coefficient (Wildman–Crippen LogP) is 0.528. The highest BCUT2D eigenvalue weighted by molar-refractivity contribution is 5.86. The van der Waals surface area contributed by atoms with Crippen molar-refractivity contribution < 1.29 is 9.53 Å². The van der Waals surface area contributed by atoms with Gasteiger partial charge in [-0.15, -0.1) is 0 Å². The molecule has 2 rings (SSSR count). The molecule has 1 amide bonds. The second-order valence-electron chi connectivity index (χ2n) is 4.39. The molecular formula is C13H19N3O2. The van der Waals surface area contributed by atoms with E-state index in [9.17, 15) is 4.79 Å². The lowest BCUT2D eigenvalue weighted by Gasteiger charge is -2.37. The molecule has 1 aromatic rings. The van der Waals surface area contributed by atoms with E-state index < -0.39 is 0 Å². The summed E-state index contributed by atoms with van der Waals surface area (Å²) in [6, 6.07) is 5.49. The molecule has 1 atom stereocenters. The zero-order valence-corrected chi connectivity index (χ0v) is 10.8. The first-order chi connectivity index (χ1) is 8.65. The summed E-state index contributed by atoms with van der Waals surface area (Å²) in [5, 5.41) is 2.68. The summed E-state index contributed by atoms with van der Waals surface area (Å²) in [6.07, 6.45) is 0. The first-order valence-corrected chi connectivity index (χ1v) is 6.06. The van der Waals surface area contributed by atoms with Gasteiger partial charge in [-0.3, -0.25) is 4.79 Å². The van der Waals surface area contributed by atoms with Crippen LogP contribution in [0.4, 0.5) is 11.4 Å². The quantitative estimate of drug-likeness (QED) is 0.750. The first kappa shape index (κ1) is 12.7. The lowest BCUT2D eigenvalue weighted by Crippen LogP contribution is -2.53. The molecule has 0 aliphatic carbocycles. The molecule has 1 aliphatic rings. The number of carbonyl (C=O) groups excluding carboxylic acids is 1. The Balaban J connectivity index is 2.34. The Bertz CT molecular complexity index is 448. The fourth-order valence-corrected chi connectivity index (χ4v) is 2.23. The Hall–Kier alpha value is -1.75. The van der Waals surface area contributed by atoms with Gasteiger partial charge in [-0.2, -0.15) is 0 Å². The minimum Gasteiger partial charge on any atom is -0.398 e. The summed E-state index contributed by atoms with van der Waals surface area (Å²) in [5.41, 5.74) is 8.68. The van der Waals surface area contributed by atoms with Crippen molar-refractivity contribution in [1.29, 1.82) is 0 Å². The average molecular weight is 249 g/mol. The molecule has 0 radical (unpaired) electrons. The van der Waals surface area contributed by atoms with Gasteiger partial charge in [-0.1, -0.05) is 6.07 Å². The monoisotopic (exact) mass is 249 g/mol. The highest BCUT2D eigenvalue weighted by atomic mass is 16.5. The fourth-order valence-electron chi connectivity index (χ4n) is 2.23. The molecule has 0 aromatic heterocycles. The first-order valence-electron chi connectivity index (χ1n) is 6.06. The van der Waals surface area contributed by atoms with E-state index in [4.69, 9.17) is 10.5 Å². The van der Waals surface area contributed by atoms with E-state index in [1.54, 1.807) is 7.05 Å². The predicted molar refractivity (Wildman–Crippen MR) is 71.6 cm³/mol. The second-order valence-corrected chi connectivity index (χ2v) is 4.39. The van der Waals surface area contributed by atoms with Gasteiger partial charge in [0.1, 0.15) is 6.04 Å². The van der Waals surface area contributed by atoms with Crippen molar-refractivity contribution in [3.8, 4) is 0 Å². The molecule has 1 saturated heterocycles. The molecule has 1 aliphatic heterocycles. The van der Waals surface area contributed by atoms with Gasteiger partial charge in [-0.05, 0) is 24.6 Å². The molecule has 0 spiro atoms. The number of rotatable bonds is 2. The van der Waals surface area contributed by atoms with Crippen LogP contribution in [-0.2, 0) is 9.53 Å². The SMILES string of the molecule is CNC(=O)C1COCCN1c1cccc(N)c1C. The Labute approximate surface area is 107 Å². The molecular weight excluding hydrogens is 230 g/mol. The smallest absolute Gasteiger partial charge is 0.244 e. The van der Waals surface area contributed by atoms with Crippen LogP contribution in [0.3, 0.4) is 0 Å². The van der Waals surface area contributed by atoms with Gasteiger partial charge in [0.25, 0.3) is 0 Å². The molecule has 98 valence electrons. The van der Waals surface area contributed by atoms with Crippen LogP contribution in [0.25, 0.3) is 0 Å². The Kier molecular flexibility index (Phi) is 3.72. The number of ether oxygens (including phenoxy) is 1. The number of hydrogen-bond donors (Lipinski definition) is 2. The summed E-state index contributed by atoms with van der Waals surface area (Å²) in [5.74, 6) is -0.0310. The van der Waals surface area contributed by atoms with E-state index in [1.165, 1.54) is 0 Å². The number of nitrogens with zero attached hydrogens (tertiary/aromatic N) is 1. The Morgan fingerprint density at radius 2 is 2.33 bits per heavy atom. The third-order valence-corrected chi connectivity index (χ3v) is 3.33. The van der Waals surface area contributed by atoms with Crippen LogP contribution < -0.4 is 16.0 Å². The van der Waals surface area contributed by atoms with E-state index >= 15 is 0 Å². The van der Waals surface area contributed by atoms with Crippen LogP contribution in [0.15, 0.2) is 18.2 Å². The van der Waals surface area contributed by atoms with Crippen LogP contribution in [0.1, 0.15) is 5.56 Å². The van der Waals surface area contributed by atoms with Crippen LogP contribution in [-0.4, -0.2) is 38.8 Å². The van der Waals surface area contributed by atoms with Crippen molar-refractivity contribution in [2.45, 2.75) is 13.0 Å². The van der Waals surface area contributed by atoms with Gasteiger partial charge >= 0.3 is 0 Å². The van der Waals surface area contributed by atoms with Crippen molar-refractivity contribution in [3.05, 3.63) is 23.8 Å². The number of nitrogens with one attached hydrogen (secondary N) is 1. The number of likely N-dealkylation sites (N-methyl/N-ethyl adjacent to an activating group) is 1. The number of carbonyl (C=O) groups is 1. The number of nitrogens with two attached hydrogens (primary N) is 1. The van der Waals surface area contributed by atoms with Crippen molar-refractivity contribution in [2.75, 3.05) is 37.4 Å². The minimum atomic E-state index is -0.288. The topological polar surface area (TPSA) is 67.6 Å². The number of anilines is 2. The van der Waals surface area contributed by atoms with E-state index in [-0.39, 0.29) is 11.9 Å². The van der Waals surface area contributed by atoms with Crippen molar-refractivity contribution in [1.82, 2.24) is 5.32 Å². The van der Waals surface area contributed by atoms with Gasteiger partial charge in [0.05, 0.1) is 13.2 Å². The molecule has 5 nitrogen and oxygen atoms in total. The third kappa shape index (κ3) is 2.26. The summed E-state index contributed by atoms with van der Waals surface area (Å²) in [4.78, 5) is 13.9. The van der Waals surface area contributed by atoms with Gasteiger partial charge in [0.15, 0.2) is 0 Å². The van der Waals surface area contributed by atoms with E-state index in [0.29, 0.717) is 19.8 Å². The lowest BCUT2D eigenvalue weighted by molar-refractivity contribution is -0.124. The summed E-state index contributed by atoms with van der Waals surface area (Å²) >= 11 is 0. The normalized spacial score (nSPS) is 19.7. The van der Waals surface area contributed by atoms with Gasteiger partial charge < -0.3 is 20.7 Å². The number of amides is 1. The van der Waals surface area contributed by atoms with Crippen LogP contribution in [0.2, 0.25) is 0 Å². The molecule has 0 bridgehead atoms. The van der Waals surface area contributed by atoms with Gasteiger partial charge in [-0.25, -0.2) is 0 Å². The maximum atomic E-state index is 11.9. The lowest BCUT2D eigenvalue weighted by atomic mass is 10.1. The van der Waals surface area contributed by atoms with Crippen LogP contribution >= 0.6 is 0 Å². The number of hydrogen-bond acceptors (Lipinski definition) is 4. The molecule has 1 unspecified atom stereocenters. The van der Waals surface area contributed by atoms with E-state index in [1.807, 2.05) is 25.1 Å². The van der Waals surface area contributed by atoms with Crippen molar-refractivity contribution in [2.24, 2.45) is 0 Å². The largest absolute Gasteiger partial charge is 0.398 e. The Morgan fingerprint density at radius 3 is 3.06 bits per heavy atom. The molecule has 0 saturated carbocycles. The highest BCUT2D eigenvalue weighted by Crippen LogP contribution is 2.27. The van der Waals surface area contributed by atoms with Crippen LogP contribution in [0.5, 0.6) is 0 Å². The summed E-state index contributed by atoms with van der Waals surface area (Å²) < 4.78 is 5.39. The van der Waals surface area contributed by atoms with Crippen LogP contribution in [0, 0.1) is 6.92 Å². The van der Waals surface area contributed by atoms with Crippen molar-refractivity contribution in [3.63, 3.8) is 0 Å². The zero-order chi connectivity index (χ0) is 13.1. The van der Waals surface area contributed by atoms with Gasteiger partial charge in [0, 0.05) is 25.0 Å². The number of benzene rings is 1. The second kappa shape index (κ2) is 5.27. The zero-order valence-electron chi connectivity index (χ0n) is 10.8. The molecule has 18 heavy (non-hydrogen) atoms. The maximum Gasteiger partial charge on any atom is 0.244 e. The molecule has 1 aromatic carbocycles. The third-order valence-electron chi connectivity index (χ3n) is 3.33.